The number of aromatic nitrogens is 2. The second kappa shape index (κ2) is 17.6. The highest BCUT2D eigenvalue weighted by Gasteiger charge is 2.33. The second-order valence-corrected chi connectivity index (χ2v) is 12.8. The van der Waals surface area contributed by atoms with Gasteiger partial charge >= 0.3 is 12.4 Å². The third kappa shape index (κ3) is 10.9. The zero-order valence-electron chi connectivity index (χ0n) is 29.0. The lowest BCUT2D eigenvalue weighted by Crippen LogP contribution is -2.34. The summed E-state index contributed by atoms with van der Waals surface area (Å²) in [6.07, 6.45) is -5.61. The minimum absolute atomic E-state index is 0.00268. The number of pyridine rings is 2. The quantitative estimate of drug-likeness (QED) is 0.0816. The maximum Gasteiger partial charge on any atom is 0.416 e. The Labute approximate surface area is 310 Å². The molecule has 292 valence electrons. The first-order valence-corrected chi connectivity index (χ1v) is 17.1. The van der Waals surface area contributed by atoms with Crippen LogP contribution < -0.4 is 26.6 Å². The lowest BCUT2D eigenvalue weighted by molar-refractivity contribution is -0.138. The molecular weight excluding hydrogens is 736 g/mol. The number of halogens is 6. The molecule has 0 spiro atoms. The highest BCUT2D eigenvalue weighted by molar-refractivity contribution is 6.08. The molecule has 2 heterocycles. The monoisotopic (exact) mass is 773 g/mol. The second-order valence-electron chi connectivity index (χ2n) is 12.8. The molecule has 1 fully saturated rings. The number of nitrogens with zero attached hydrogens (tertiary/aromatic N) is 2. The summed E-state index contributed by atoms with van der Waals surface area (Å²) in [5.41, 5.74) is -0.758. The minimum Gasteiger partial charge on any atom is -0.395 e. The maximum absolute atomic E-state index is 13.5. The summed E-state index contributed by atoms with van der Waals surface area (Å²) in [4.78, 5) is 47.2. The molecule has 3 atom stereocenters. The first-order valence-electron chi connectivity index (χ1n) is 17.1. The molecule has 1 aliphatic rings. The van der Waals surface area contributed by atoms with Crippen molar-refractivity contribution in [3.63, 3.8) is 0 Å². The number of carbonyl (C=O) groups is 3. The van der Waals surface area contributed by atoms with E-state index in [1.54, 1.807) is 6.07 Å². The van der Waals surface area contributed by atoms with Gasteiger partial charge in [-0.3, -0.25) is 14.4 Å². The zero-order chi connectivity index (χ0) is 39.8. The third-order valence-corrected chi connectivity index (χ3v) is 8.96. The number of nitrogens with one attached hydrogen (secondary N) is 5. The van der Waals surface area contributed by atoms with E-state index in [1.165, 1.54) is 24.5 Å². The molecule has 0 bridgehead atoms. The van der Waals surface area contributed by atoms with Crippen LogP contribution in [0.25, 0.3) is 0 Å². The molecule has 4 aromatic rings. The number of amides is 3. The number of hydrogen-bond donors (Lipinski definition) is 7. The molecular formula is C37H37F6N7O5. The Morgan fingerprint density at radius 1 is 0.764 bits per heavy atom. The van der Waals surface area contributed by atoms with Crippen molar-refractivity contribution in [3.8, 4) is 0 Å². The first-order chi connectivity index (χ1) is 26.1. The van der Waals surface area contributed by atoms with E-state index in [0.717, 1.165) is 48.5 Å². The van der Waals surface area contributed by atoms with Gasteiger partial charge in [0.2, 0.25) is 5.91 Å². The van der Waals surface area contributed by atoms with Gasteiger partial charge in [0.1, 0.15) is 11.6 Å². The molecule has 1 saturated carbocycles. The molecule has 55 heavy (non-hydrogen) atoms. The Bertz CT molecular complexity index is 1960. The van der Waals surface area contributed by atoms with Gasteiger partial charge < -0.3 is 36.8 Å². The molecule has 5 rings (SSSR count). The Morgan fingerprint density at radius 2 is 1.35 bits per heavy atom. The predicted octanol–water partition coefficient (Wildman–Crippen LogP) is 5.90. The molecule has 0 radical (unpaired) electrons. The van der Waals surface area contributed by atoms with Crippen LogP contribution in [0, 0.1) is 5.92 Å². The van der Waals surface area contributed by atoms with Gasteiger partial charge in [-0.05, 0) is 97.5 Å². The summed E-state index contributed by atoms with van der Waals surface area (Å²) >= 11 is 0. The average molecular weight is 774 g/mol. The van der Waals surface area contributed by atoms with Gasteiger partial charge in [-0.15, -0.1) is 0 Å². The van der Waals surface area contributed by atoms with Crippen molar-refractivity contribution in [3.05, 3.63) is 107 Å². The average Bonchev–Trinajstić information content (AvgIpc) is 3.15. The van der Waals surface area contributed by atoms with Crippen molar-refractivity contribution < 1.29 is 50.9 Å². The summed E-state index contributed by atoms with van der Waals surface area (Å²) in [6, 6.07) is 12.5. The lowest BCUT2D eigenvalue weighted by Gasteiger charge is -2.33. The number of benzene rings is 2. The van der Waals surface area contributed by atoms with Gasteiger partial charge in [0.15, 0.2) is 0 Å². The largest absolute Gasteiger partial charge is 0.416 e. The van der Waals surface area contributed by atoms with Crippen molar-refractivity contribution in [1.29, 1.82) is 0 Å². The highest BCUT2D eigenvalue weighted by atomic mass is 19.4. The predicted molar refractivity (Wildman–Crippen MR) is 190 cm³/mol. The molecule has 0 aliphatic heterocycles. The van der Waals surface area contributed by atoms with Crippen molar-refractivity contribution in [1.82, 2.24) is 15.3 Å². The van der Waals surface area contributed by atoms with Crippen LogP contribution in [0.2, 0.25) is 0 Å². The van der Waals surface area contributed by atoms with Crippen LogP contribution in [0.15, 0.2) is 79.1 Å². The van der Waals surface area contributed by atoms with Crippen molar-refractivity contribution in [2.24, 2.45) is 5.92 Å². The summed E-state index contributed by atoms with van der Waals surface area (Å²) in [6.45, 7) is -0.331. The maximum atomic E-state index is 13.5. The molecule has 0 saturated heterocycles. The fraction of sp³-hybridized carbons (Fsp3) is 0.324. The van der Waals surface area contributed by atoms with E-state index in [1.807, 2.05) is 0 Å². The fourth-order valence-corrected chi connectivity index (χ4v) is 6.03. The third-order valence-electron chi connectivity index (χ3n) is 8.96. The van der Waals surface area contributed by atoms with E-state index in [-0.39, 0.29) is 78.6 Å². The lowest BCUT2D eigenvalue weighted by atomic mass is 9.77. The van der Waals surface area contributed by atoms with E-state index in [0.29, 0.717) is 18.4 Å². The molecule has 1 aliphatic carbocycles. The van der Waals surface area contributed by atoms with Gasteiger partial charge in [0, 0.05) is 42.8 Å². The fourth-order valence-electron chi connectivity index (χ4n) is 6.03. The number of aliphatic hydroxyl groups is 2. The van der Waals surface area contributed by atoms with E-state index in [9.17, 15) is 45.8 Å². The SMILES string of the molecule is O=C(CNc1ncc(C2CCC(CNc3ncccc3C(=O)Nc3ccc(C(F)(F)F)cc3)[C@@H](O)C2)cc1C(=O)Nc1ccc(C(F)(F)F)cc1)NCCO. The van der Waals surface area contributed by atoms with Crippen LogP contribution >= 0.6 is 0 Å². The van der Waals surface area contributed by atoms with E-state index < -0.39 is 47.3 Å². The van der Waals surface area contributed by atoms with Gasteiger partial charge in [-0.2, -0.15) is 26.3 Å². The summed E-state index contributed by atoms with van der Waals surface area (Å²) < 4.78 is 78.0. The smallest absolute Gasteiger partial charge is 0.395 e. The number of aliphatic hydroxyl groups excluding tert-OH is 2. The number of anilines is 4. The molecule has 18 heteroatoms. The normalized spacial score (nSPS) is 17.2. The van der Waals surface area contributed by atoms with E-state index in [2.05, 4.69) is 36.6 Å². The molecule has 2 aromatic heterocycles. The molecule has 3 amide bonds. The van der Waals surface area contributed by atoms with Crippen LogP contribution in [0.4, 0.5) is 49.4 Å². The Morgan fingerprint density at radius 3 is 1.91 bits per heavy atom. The van der Waals surface area contributed by atoms with Crippen molar-refractivity contribution in [2.45, 2.75) is 43.6 Å². The van der Waals surface area contributed by atoms with E-state index in [4.69, 9.17) is 5.11 Å². The van der Waals surface area contributed by atoms with E-state index >= 15 is 0 Å². The van der Waals surface area contributed by atoms with Crippen molar-refractivity contribution in [2.75, 3.05) is 47.5 Å². The van der Waals surface area contributed by atoms with Crippen LogP contribution in [-0.2, 0) is 17.1 Å². The summed E-state index contributed by atoms with van der Waals surface area (Å²) in [5, 5.41) is 33.6. The van der Waals surface area contributed by atoms with Crippen LogP contribution in [-0.4, -0.2) is 70.2 Å². The van der Waals surface area contributed by atoms with Gasteiger partial charge in [-0.25, -0.2) is 9.97 Å². The van der Waals surface area contributed by atoms with Crippen LogP contribution in [0.3, 0.4) is 0 Å². The Balaban J connectivity index is 1.24. The standard InChI is InChI=1S/C37H37F6N7O5/c38-36(39,40)24-5-9-26(10-6-24)49-34(54)28-2-1-13-45-32(28)46-18-22-4-3-21(17-30(22)52)23-16-29(33(47-19-23)48-20-31(53)44-14-15-51)35(55)50-27-11-7-25(8-12-27)37(41,42)43/h1-2,5-13,16,19,21-22,30,51-52H,3-4,14-15,17-18,20H2,(H,44,53)(H,45,46)(H,47,48)(H,49,54)(H,50,55)/t21?,22?,30-/m0/s1. The zero-order valence-corrected chi connectivity index (χ0v) is 29.0. The molecule has 2 unspecified atom stereocenters. The Kier molecular flexibility index (Phi) is 12.9. The molecule has 12 nitrogen and oxygen atoms in total. The Hall–Kier alpha value is -5.75. The van der Waals surface area contributed by atoms with Crippen molar-refractivity contribution >= 4 is 40.7 Å². The van der Waals surface area contributed by atoms with Crippen LogP contribution in [0.1, 0.15) is 62.6 Å². The number of carbonyl (C=O) groups excluding carboxylic acids is 3. The summed E-state index contributed by atoms with van der Waals surface area (Å²) in [5.74, 6) is -2.09. The molecule has 7 N–H and O–H groups in total. The van der Waals surface area contributed by atoms with Crippen LogP contribution in [0.5, 0.6) is 0 Å². The van der Waals surface area contributed by atoms with Gasteiger partial charge in [0.25, 0.3) is 11.8 Å². The number of rotatable bonds is 13. The van der Waals surface area contributed by atoms with Gasteiger partial charge in [0.05, 0.1) is 41.5 Å². The minimum atomic E-state index is -4.56. The topological polar surface area (TPSA) is 178 Å². The molecule has 2 aromatic carbocycles. The number of hydrogen-bond acceptors (Lipinski definition) is 9. The van der Waals surface area contributed by atoms with Gasteiger partial charge in [-0.1, -0.05) is 0 Å². The highest BCUT2D eigenvalue weighted by Crippen LogP contribution is 2.37. The number of alkyl halides is 6. The first kappa shape index (κ1) is 40.4. The summed E-state index contributed by atoms with van der Waals surface area (Å²) in [7, 11) is 0.